The molecule has 2 aliphatic heterocycles. The lowest BCUT2D eigenvalue weighted by molar-refractivity contribution is 0.0670. The Bertz CT molecular complexity index is 1250. The van der Waals surface area contributed by atoms with Crippen LogP contribution in [0, 0.1) is 0 Å². The molecule has 0 N–H and O–H groups in total. The largest absolute Gasteiger partial charge is 0.336 e. The number of piperazine rings is 1. The molecular weight excluding hydrogens is 442 g/mol. The van der Waals surface area contributed by atoms with E-state index in [0.29, 0.717) is 0 Å². The van der Waals surface area contributed by atoms with Gasteiger partial charge in [-0.25, -0.2) is 8.42 Å². The maximum absolute atomic E-state index is 13.0. The number of amides is 3. The maximum atomic E-state index is 13.0. The van der Waals surface area contributed by atoms with Gasteiger partial charge in [-0.1, -0.05) is 36.4 Å². The van der Waals surface area contributed by atoms with Crippen LogP contribution in [0.3, 0.4) is 0 Å². The maximum Gasteiger partial charge on any atom is 0.261 e. The van der Waals surface area contributed by atoms with Crippen molar-refractivity contribution in [2.75, 3.05) is 32.7 Å². The van der Waals surface area contributed by atoms with E-state index < -0.39 is 21.8 Å². The summed E-state index contributed by atoms with van der Waals surface area (Å²) >= 11 is 0. The first kappa shape index (κ1) is 22.6. The first-order chi connectivity index (χ1) is 15.8. The van der Waals surface area contributed by atoms with Gasteiger partial charge in [0.15, 0.2) is 0 Å². The Morgan fingerprint density at radius 3 is 2.27 bits per heavy atom. The molecule has 4 rings (SSSR count). The van der Waals surface area contributed by atoms with E-state index in [9.17, 15) is 22.8 Å². The summed E-state index contributed by atoms with van der Waals surface area (Å²) in [6, 6.07) is 13.6. The van der Waals surface area contributed by atoms with E-state index >= 15 is 0 Å². The number of fused-ring (bicyclic) bond motifs is 1. The fraction of sp³-hybridized carbons (Fsp3) is 0.208. The molecule has 2 aromatic carbocycles. The van der Waals surface area contributed by atoms with E-state index in [1.807, 2.05) is 30.3 Å². The second-order valence-corrected chi connectivity index (χ2v) is 9.54. The van der Waals surface area contributed by atoms with Crippen molar-refractivity contribution in [1.29, 1.82) is 0 Å². The van der Waals surface area contributed by atoms with Crippen LogP contribution in [-0.2, 0) is 10.0 Å². The number of rotatable bonds is 6. The molecule has 8 nitrogen and oxygen atoms in total. The molecule has 0 saturated carbocycles. The van der Waals surface area contributed by atoms with Crippen molar-refractivity contribution in [3.05, 3.63) is 88.8 Å². The number of imide groups is 1. The zero-order chi connectivity index (χ0) is 23.6. The van der Waals surface area contributed by atoms with Gasteiger partial charge in [-0.3, -0.25) is 19.3 Å². The lowest BCUT2D eigenvalue weighted by Crippen LogP contribution is -2.50. The highest BCUT2D eigenvalue weighted by Gasteiger charge is 2.36. The highest BCUT2D eigenvalue weighted by atomic mass is 32.2. The van der Waals surface area contributed by atoms with Crippen LogP contribution in [0.15, 0.2) is 66.6 Å². The molecule has 0 unspecified atom stereocenters. The Morgan fingerprint density at radius 2 is 1.61 bits per heavy atom. The van der Waals surface area contributed by atoms with Gasteiger partial charge in [0.05, 0.1) is 11.1 Å². The van der Waals surface area contributed by atoms with Crippen molar-refractivity contribution in [3.63, 3.8) is 0 Å². The highest BCUT2D eigenvalue weighted by Crippen LogP contribution is 2.25. The second-order valence-electron chi connectivity index (χ2n) is 7.72. The average Bonchev–Trinajstić information content (AvgIpc) is 3.07. The number of benzene rings is 2. The lowest BCUT2D eigenvalue weighted by Gasteiger charge is -2.33. The minimum Gasteiger partial charge on any atom is -0.336 e. The normalized spacial score (nSPS) is 17.0. The SMILES string of the molecule is C=CCN1C(=O)c2ccc(C(=O)N3CCN(S(=O)(=O)/C=C/c4ccccc4)CC3)cc2C1=O. The zero-order valence-corrected chi connectivity index (χ0v) is 18.7. The van der Waals surface area contributed by atoms with Gasteiger partial charge in [0.25, 0.3) is 17.7 Å². The molecule has 0 aromatic heterocycles. The molecule has 0 aliphatic carbocycles. The molecule has 0 radical (unpaired) electrons. The van der Waals surface area contributed by atoms with Gasteiger partial charge in [0, 0.05) is 43.7 Å². The number of hydrogen-bond acceptors (Lipinski definition) is 5. The molecule has 0 spiro atoms. The van der Waals surface area contributed by atoms with Crippen molar-refractivity contribution < 1.29 is 22.8 Å². The number of nitrogens with zero attached hydrogens (tertiary/aromatic N) is 3. The van der Waals surface area contributed by atoms with Gasteiger partial charge in [-0.2, -0.15) is 4.31 Å². The van der Waals surface area contributed by atoms with Crippen LogP contribution in [0.4, 0.5) is 0 Å². The summed E-state index contributed by atoms with van der Waals surface area (Å²) in [6.07, 6.45) is 3.02. The number of sulfonamides is 1. The van der Waals surface area contributed by atoms with Crippen LogP contribution >= 0.6 is 0 Å². The highest BCUT2D eigenvalue weighted by molar-refractivity contribution is 7.92. The Kier molecular flexibility index (Phi) is 6.26. The third-order valence-corrected chi connectivity index (χ3v) is 7.21. The Hall–Kier alpha value is -3.56. The summed E-state index contributed by atoms with van der Waals surface area (Å²) in [5, 5.41) is 1.18. The van der Waals surface area contributed by atoms with Crippen LogP contribution in [0.25, 0.3) is 6.08 Å². The molecule has 2 aromatic rings. The van der Waals surface area contributed by atoms with Crippen LogP contribution < -0.4 is 0 Å². The van der Waals surface area contributed by atoms with E-state index in [4.69, 9.17) is 0 Å². The number of hydrogen-bond donors (Lipinski definition) is 0. The molecule has 170 valence electrons. The smallest absolute Gasteiger partial charge is 0.261 e. The molecule has 33 heavy (non-hydrogen) atoms. The van der Waals surface area contributed by atoms with Gasteiger partial charge in [-0.15, -0.1) is 6.58 Å². The van der Waals surface area contributed by atoms with E-state index in [-0.39, 0.29) is 55.3 Å². The average molecular weight is 466 g/mol. The minimum atomic E-state index is -3.61. The molecule has 0 bridgehead atoms. The molecule has 9 heteroatoms. The molecule has 2 heterocycles. The van der Waals surface area contributed by atoms with E-state index in [1.54, 1.807) is 11.0 Å². The van der Waals surface area contributed by atoms with Crippen LogP contribution in [-0.4, -0.2) is 73.0 Å². The predicted molar refractivity (Wildman–Crippen MR) is 124 cm³/mol. The lowest BCUT2D eigenvalue weighted by atomic mass is 10.0. The summed E-state index contributed by atoms with van der Waals surface area (Å²) < 4.78 is 26.6. The quantitative estimate of drug-likeness (QED) is 0.482. The van der Waals surface area contributed by atoms with Gasteiger partial charge >= 0.3 is 0 Å². The van der Waals surface area contributed by atoms with Crippen molar-refractivity contribution >= 4 is 33.8 Å². The van der Waals surface area contributed by atoms with Crippen LogP contribution in [0.1, 0.15) is 36.6 Å². The Balaban J connectivity index is 1.42. The van der Waals surface area contributed by atoms with Gasteiger partial charge < -0.3 is 4.90 Å². The predicted octanol–water partition coefficient (Wildman–Crippen LogP) is 2.23. The summed E-state index contributed by atoms with van der Waals surface area (Å²) in [6.45, 7) is 4.45. The Morgan fingerprint density at radius 1 is 0.939 bits per heavy atom. The standard InChI is InChI=1S/C24H23N3O5S/c1-2-11-27-23(29)20-9-8-19(17-21(20)24(27)30)22(28)25-12-14-26(15-13-25)33(31,32)16-10-18-6-4-3-5-7-18/h2-10,16-17H,1,11-15H2/b16-10+. The molecule has 0 atom stereocenters. The summed E-state index contributed by atoms with van der Waals surface area (Å²) in [7, 11) is -3.61. The molecule has 2 aliphatic rings. The Labute approximate surface area is 192 Å². The van der Waals surface area contributed by atoms with Crippen molar-refractivity contribution in [1.82, 2.24) is 14.1 Å². The van der Waals surface area contributed by atoms with Crippen molar-refractivity contribution in [3.8, 4) is 0 Å². The first-order valence-corrected chi connectivity index (χ1v) is 12.0. The van der Waals surface area contributed by atoms with Gasteiger partial charge in [0.2, 0.25) is 10.0 Å². The van der Waals surface area contributed by atoms with Crippen LogP contribution in [0.2, 0.25) is 0 Å². The molecule has 1 saturated heterocycles. The van der Waals surface area contributed by atoms with Gasteiger partial charge in [0.1, 0.15) is 0 Å². The zero-order valence-electron chi connectivity index (χ0n) is 17.9. The van der Waals surface area contributed by atoms with E-state index in [0.717, 1.165) is 10.5 Å². The summed E-state index contributed by atoms with van der Waals surface area (Å²) in [5.41, 5.74) is 1.53. The fourth-order valence-corrected chi connectivity index (χ4v) is 5.04. The van der Waals surface area contributed by atoms with E-state index in [1.165, 1.54) is 34.0 Å². The van der Waals surface area contributed by atoms with E-state index in [2.05, 4.69) is 6.58 Å². The molecular formula is C24H23N3O5S. The number of carbonyl (C=O) groups excluding carboxylic acids is 3. The monoisotopic (exact) mass is 465 g/mol. The van der Waals surface area contributed by atoms with Crippen LogP contribution in [0.5, 0.6) is 0 Å². The van der Waals surface area contributed by atoms with Crippen molar-refractivity contribution in [2.24, 2.45) is 0 Å². The first-order valence-electron chi connectivity index (χ1n) is 10.5. The topological polar surface area (TPSA) is 95.1 Å². The van der Waals surface area contributed by atoms with Gasteiger partial charge in [-0.05, 0) is 29.8 Å². The minimum absolute atomic E-state index is 0.102. The third kappa shape index (κ3) is 4.50. The molecule has 1 fully saturated rings. The second kappa shape index (κ2) is 9.13. The summed E-state index contributed by atoms with van der Waals surface area (Å²) in [4.78, 5) is 40.5. The number of carbonyl (C=O) groups is 3. The molecule has 3 amide bonds. The fourth-order valence-electron chi connectivity index (χ4n) is 3.86. The third-order valence-electron chi connectivity index (χ3n) is 5.65. The van der Waals surface area contributed by atoms with Crippen molar-refractivity contribution in [2.45, 2.75) is 0 Å². The summed E-state index contributed by atoms with van der Waals surface area (Å²) in [5.74, 6) is -1.17.